The Bertz CT molecular complexity index is 569. The average molecular weight is 271 g/mol. The zero-order valence-corrected chi connectivity index (χ0v) is 12.3. The number of nitrogens with one attached hydrogen (secondary N) is 1. The lowest BCUT2D eigenvalue weighted by molar-refractivity contribution is 0.456. The maximum atomic E-state index is 5.76. The summed E-state index contributed by atoms with van der Waals surface area (Å²) < 4.78 is 5.76. The molecule has 4 nitrogen and oxygen atoms in total. The Morgan fingerprint density at radius 1 is 1.15 bits per heavy atom. The van der Waals surface area contributed by atoms with Gasteiger partial charge in [-0.25, -0.2) is 4.98 Å². The summed E-state index contributed by atoms with van der Waals surface area (Å²) in [6.45, 7) is 7.98. The highest BCUT2D eigenvalue weighted by Crippen LogP contribution is 2.21. The van der Waals surface area contributed by atoms with E-state index in [2.05, 4.69) is 36.1 Å². The van der Waals surface area contributed by atoms with Crippen LogP contribution in [0.1, 0.15) is 30.2 Å². The molecule has 0 atom stereocenters. The predicted octanol–water partition coefficient (Wildman–Crippen LogP) is 3.39. The topological polar surface area (TPSA) is 47.0 Å². The van der Waals surface area contributed by atoms with Crippen molar-refractivity contribution in [2.24, 2.45) is 0 Å². The Kier molecular flexibility index (Phi) is 5.07. The zero-order chi connectivity index (χ0) is 14.4. The molecule has 1 heterocycles. The van der Waals surface area contributed by atoms with Crippen molar-refractivity contribution in [2.45, 2.75) is 33.7 Å². The predicted molar refractivity (Wildman–Crippen MR) is 80.0 cm³/mol. The normalized spacial score (nSPS) is 10.6. The number of rotatable bonds is 6. The highest BCUT2D eigenvalue weighted by atomic mass is 16.5. The van der Waals surface area contributed by atoms with Gasteiger partial charge in [0, 0.05) is 12.7 Å². The summed E-state index contributed by atoms with van der Waals surface area (Å²) in [6.07, 6.45) is 4.50. The fourth-order valence-electron chi connectivity index (χ4n) is 1.81. The molecule has 0 aliphatic carbocycles. The van der Waals surface area contributed by atoms with E-state index in [1.54, 1.807) is 12.4 Å². The Morgan fingerprint density at radius 3 is 2.75 bits per heavy atom. The summed E-state index contributed by atoms with van der Waals surface area (Å²) in [7, 11) is 0. The third-order valence-electron chi connectivity index (χ3n) is 3.10. The molecular formula is C16H21N3O. The van der Waals surface area contributed by atoms with Crippen LogP contribution in [0.15, 0.2) is 30.6 Å². The lowest BCUT2D eigenvalue weighted by atomic mass is 10.1. The minimum absolute atomic E-state index is 0.532. The number of hydrogen-bond acceptors (Lipinski definition) is 4. The number of nitrogens with zero attached hydrogens (tertiary/aromatic N) is 2. The van der Waals surface area contributed by atoms with Gasteiger partial charge in [0.15, 0.2) is 0 Å². The van der Waals surface area contributed by atoms with E-state index in [9.17, 15) is 0 Å². The molecule has 2 aromatic rings. The maximum Gasteiger partial charge on any atom is 0.238 e. The zero-order valence-electron chi connectivity index (χ0n) is 12.3. The third kappa shape index (κ3) is 4.03. The van der Waals surface area contributed by atoms with Crippen molar-refractivity contribution in [3.05, 3.63) is 47.4 Å². The van der Waals surface area contributed by atoms with Crippen LogP contribution in [-0.4, -0.2) is 16.5 Å². The van der Waals surface area contributed by atoms with Gasteiger partial charge in [0.25, 0.3) is 0 Å². The highest BCUT2D eigenvalue weighted by Gasteiger charge is 2.03. The molecule has 0 bridgehead atoms. The van der Waals surface area contributed by atoms with Gasteiger partial charge >= 0.3 is 0 Å². The number of hydrogen-bond donors (Lipinski definition) is 1. The average Bonchev–Trinajstić information content (AvgIpc) is 2.44. The van der Waals surface area contributed by atoms with E-state index in [1.807, 2.05) is 18.2 Å². The highest BCUT2D eigenvalue weighted by molar-refractivity contribution is 5.35. The van der Waals surface area contributed by atoms with Crippen LogP contribution in [0.5, 0.6) is 11.6 Å². The van der Waals surface area contributed by atoms with Crippen molar-refractivity contribution in [2.75, 3.05) is 6.54 Å². The monoisotopic (exact) mass is 271 g/mol. The van der Waals surface area contributed by atoms with Crippen molar-refractivity contribution in [1.29, 1.82) is 0 Å². The van der Waals surface area contributed by atoms with Crippen LogP contribution in [0.3, 0.4) is 0 Å². The maximum absolute atomic E-state index is 5.76. The quantitative estimate of drug-likeness (QED) is 0.818. The van der Waals surface area contributed by atoms with Crippen molar-refractivity contribution in [1.82, 2.24) is 15.3 Å². The lowest BCUT2D eigenvalue weighted by Crippen LogP contribution is -2.15. The molecule has 0 radical (unpaired) electrons. The van der Waals surface area contributed by atoms with Crippen molar-refractivity contribution < 1.29 is 4.74 Å². The fraction of sp³-hybridized carbons (Fsp3) is 0.375. The molecule has 1 N–H and O–H groups in total. The molecule has 1 aromatic heterocycles. The van der Waals surface area contributed by atoms with E-state index in [-0.39, 0.29) is 0 Å². The van der Waals surface area contributed by atoms with E-state index >= 15 is 0 Å². The first-order valence-corrected chi connectivity index (χ1v) is 6.96. The van der Waals surface area contributed by atoms with Gasteiger partial charge in [0.1, 0.15) is 5.75 Å². The van der Waals surface area contributed by atoms with Crippen molar-refractivity contribution in [3.63, 3.8) is 0 Å². The summed E-state index contributed by atoms with van der Waals surface area (Å²) in [4.78, 5) is 8.62. The second kappa shape index (κ2) is 7.01. The minimum atomic E-state index is 0.532. The Balaban J connectivity index is 2.05. The van der Waals surface area contributed by atoms with Crippen LogP contribution < -0.4 is 10.1 Å². The summed E-state index contributed by atoms with van der Waals surface area (Å²) in [5.41, 5.74) is 3.34. The smallest absolute Gasteiger partial charge is 0.238 e. The molecule has 0 aliphatic rings. The van der Waals surface area contributed by atoms with E-state index in [0.29, 0.717) is 12.4 Å². The lowest BCUT2D eigenvalue weighted by Gasteiger charge is -2.08. The van der Waals surface area contributed by atoms with Gasteiger partial charge < -0.3 is 10.1 Å². The standard InChI is InChI=1S/C16H21N3O/c1-4-7-17-9-14-10-18-11-16(19-14)20-15-6-5-12(2)13(3)8-15/h5-6,8,10-11,17H,4,7,9H2,1-3H3. The second-order valence-electron chi connectivity index (χ2n) is 4.87. The van der Waals surface area contributed by atoms with Crippen LogP contribution >= 0.6 is 0 Å². The van der Waals surface area contributed by atoms with Crippen LogP contribution in [0.4, 0.5) is 0 Å². The molecule has 4 heteroatoms. The van der Waals surface area contributed by atoms with Crippen LogP contribution in [0.2, 0.25) is 0 Å². The number of aromatic nitrogens is 2. The van der Waals surface area contributed by atoms with E-state index in [0.717, 1.165) is 24.4 Å². The molecule has 20 heavy (non-hydrogen) atoms. The molecule has 1 aromatic carbocycles. The van der Waals surface area contributed by atoms with Crippen LogP contribution in [0.25, 0.3) is 0 Å². The van der Waals surface area contributed by atoms with Gasteiger partial charge in [0.2, 0.25) is 5.88 Å². The van der Waals surface area contributed by atoms with E-state index in [1.165, 1.54) is 11.1 Å². The molecule has 0 aliphatic heterocycles. The van der Waals surface area contributed by atoms with Gasteiger partial charge in [-0.15, -0.1) is 0 Å². The first kappa shape index (κ1) is 14.5. The molecule has 106 valence electrons. The van der Waals surface area contributed by atoms with Crippen molar-refractivity contribution >= 4 is 0 Å². The molecule has 0 saturated heterocycles. The molecule has 0 spiro atoms. The largest absolute Gasteiger partial charge is 0.437 e. The second-order valence-corrected chi connectivity index (χ2v) is 4.87. The molecular weight excluding hydrogens is 250 g/mol. The van der Waals surface area contributed by atoms with Crippen LogP contribution in [0, 0.1) is 13.8 Å². The summed E-state index contributed by atoms with van der Waals surface area (Å²) in [5, 5.41) is 3.30. The number of benzene rings is 1. The van der Waals surface area contributed by atoms with Crippen molar-refractivity contribution in [3.8, 4) is 11.6 Å². The third-order valence-corrected chi connectivity index (χ3v) is 3.10. The van der Waals surface area contributed by atoms with Gasteiger partial charge in [-0.3, -0.25) is 4.98 Å². The summed E-state index contributed by atoms with van der Waals surface area (Å²) in [6, 6.07) is 6.01. The minimum Gasteiger partial charge on any atom is -0.437 e. The van der Waals surface area contributed by atoms with Gasteiger partial charge in [0.05, 0.1) is 11.9 Å². The molecule has 0 fully saturated rings. The van der Waals surface area contributed by atoms with E-state index in [4.69, 9.17) is 4.74 Å². The number of aryl methyl sites for hydroxylation is 2. The SMILES string of the molecule is CCCNCc1cncc(Oc2ccc(C)c(C)c2)n1. The number of ether oxygens (including phenoxy) is 1. The molecule has 0 amide bonds. The van der Waals surface area contributed by atoms with Gasteiger partial charge in [-0.05, 0) is 50.1 Å². The Labute approximate surface area is 120 Å². The van der Waals surface area contributed by atoms with Gasteiger partial charge in [-0.1, -0.05) is 13.0 Å². The van der Waals surface area contributed by atoms with Crippen LogP contribution in [-0.2, 0) is 6.54 Å². The first-order chi connectivity index (χ1) is 9.69. The molecule has 2 rings (SSSR count). The fourth-order valence-corrected chi connectivity index (χ4v) is 1.81. The molecule has 0 saturated carbocycles. The van der Waals surface area contributed by atoms with Gasteiger partial charge in [-0.2, -0.15) is 0 Å². The first-order valence-electron chi connectivity index (χ1n) is 6.96. The Hall–Kier alpha value is -1.94. The Morgan fingerprint density at radius 2 is 2.00 bits per heavy atom. The van der Waals surface area contributed by atoms with E-state index < -0.39 is 0 Å². The summed E-state index contributed by atoms with van der Waals surface area (Å²) in [5.74, 6) is 1.32. The summed E-state index contributed by atoms with van der Waals surface area (Å²) >= 11 is 0. The molecule has 0 unspecified atom stereocenters.